The van der Waals surface area contributed by atoms with Crippen LogP contribution < -0.4 is 10.1 Å². The number of nitrogens with zero attached hydrogens (tertiary/aromatic N) is 2. The van der Waals surface area contributed by atoms with Crippen molar-refractivity contribution in [2.75, 3.05) is 13.2 Å². The van der Waals surface area contributed by atoms with Gasteiger partial charge in [0.25, 0.3) is 5.91 Å². The van der Waals surface area contributed by atoms with Gasteiger partial charge in [-0.25, -0.2) is 13.5 Å². The first-order valence-electron chi connectivity index (χ1n) is 10.2. The van der Waals surface area contributed by atoms with Gasteiger partial charge in [-0.15, -0.1) is 0 Å². The smallest absolute Gasteiger partial charge is 0.272 e. The van der Waals surface area contributed by atoms with Crippen molar-refractivity contribution in [1.29, 1.82) is 0 Å². The molecule has 2 heterocycles. The zero-order valence-corrected chi connectivity index (χ0v) is 16.3. The van der Waals surface area contributed by atoms with Crippen LogP contribution in [0.3, 0.4) is 0 Å². The molecule has 5 nitrogen and oxygen atoms in total. The molecule has 3 aromatic rings. The summed E-state index contributed by atoms with van der Waals surface area (Å²) >= 11 is 0. The summed E-state index contributed by atoms with van der Waals surface area (Å²) < 4.78 is 34.4. The van der Waals surface area contributed by atoms with Crippen LogP contribution in [0.5, 0.6) is 5.75 Å². The molecule has 1 amide bonds. The maximum Gasteiger partial charge on any atom is 0.272 e. The molecule has 2 aliphatic rings. The van der Waals surface area contributed by atoms with Crippen molar-refractivity contribution in [2.24, 2.45) is 5.92 Å². The number of nitrogens with one attached hydrogen (secondary N) is 1. The number of amides is 1. The molecule has 30 heavy (non-hydrogen) atoms. The molecule has 5 rings (SSSR count). The third-order valence-corrected chi connectivity index (χ3v) is 5.80. The highest BCUT2D eigenvalue weighted by atomic mass is 19.2. The lowest BCUT2D eigenvalue weighted by Crippen LogP contribution is -2.35. The number of hydrogen-bond acceptors (Lipinski definition) is 3. The van der Waals surface area contributed by atoms with Crippen molar-refractivity contribution < 1.29 is 18.3 Å². The van der Waals surface area contributed by atoms with Crippen LogP contribution in [0.15, 0.2) is 42.5 Å². The Kier molecular flexibility index (Phi) is 4.73. The Morgan fingerprint density at radius 2 is 2.03 bits per heavy atom. The van der Waals surface area contributed by atoms with E-state index in [1.54, 1.807) is 4.68 Å². The van der Waals surface area contributed by atoms with Gasteiger partial charge in [0, 0.05) is 29.8 Å². The van der Waals surface area contributed by atoms with E-state index in [0.717, 1.165) is 60.4 Å². The lowest BCUT2D eigenvalue weighted by molar-refractivity contribution is 0.0932. The molecule has 0 fully saturated rings. The second-order valence-corrected chi connectivity index (χ2v) is 7.84. The van der Waals surface area contributed by atoms with Crippen LogP contribution in [-0.4, -0.2) is 28.8 Å². The molecule has 1 unspecified atom stereocenters. The average molecular weight is 409 g/mol. The molecule has 0 spiro atoms. The van der Waals surface area contributed by atoms with E-state index in [1.807, 2.05) is 24.3 Å². The fourth-order valence-corrected chi connectivity index (χ4v) is 4.29. The number of hydrogen-bond donors (Lipinski definition) is 1. The Labute approximate surface area is 172 Å². The largest absolute Gasteiger partial charge is 0.493 e. The van der Waals surface area contributed by atoms with Crippen LogP contribution in [0.4, 0.5) is 8.78 Å². The number of aromatic nitrogens is 2. The quantitative estimate of drug-likeness (QED) is 0.716. The lowest BCUT2D eigenvalue weighted by Gasteiger charge is -2.25. The second-order valence-electron chi connectivity index (χ2n) is 7.84. The molecular formula is C23H21F2N3O2. The van der Waals surface area contributed by atoms with Gasteiger partial charge >= 0.3 is 0 Å². The summed E-state index contributed by atoms with van der Waals surface area (Å²) in [5.74, 6) is -0.989. The highest BCUT2D eigenvalue weighted by molar-refractivity contribution is 5.94. The Hall–Kier alpha value is -3.22. The number of ether oxygens (including phenoxy) is 1. The van der Waals surface area contributed by atoms with E-state index in [2.05, 4.69) is 10.4 Å². The van der Waals surface area contributed by atoms with Crippen molar-refractivity contribution in [3.8, 4) is 11.4 Å². The lowest BCUT2D eigenvalue weighted by atomic mass is 9.96. The molecule has 1 aliphatic heterocycles. The van der Waals surface area contributed by atoms with Crippen molar-refractivity contribution in [2.45, 2.75) is 25.7 Å². The van der Waals surface area contributed by atoms with Gasteiger partial charge in [-0.2, -0.15) is 5.10 Å². The average Bonchev–Trinajstić information content (AvgIpc) is 3.37. The predicted molar refractivity (Wildman–Crippen MR) is 107 cm³/mol. The van der Waals surface area contributed by atoms with Gasteiger partial charge in [0.1, 0.15) is 5.75 Å². The normalized spacial score (nSPS) is 17.2. The van der Waals surface area contributed by atoms with Crippen molar-refractivity contribution in [3.05, 3.63) is 76.6 Å². The van der Waals surface area contributed by atoms with Gasteiger partial charge in [0.2, 0.25) is 0 Å². The van der Waals surface area contributed by atoms with Gasteiger partial charge in [-0.1, -0.05) is 18.2 Å². The first-order valence-corrected chi connectivity index (χ1v) is 10.2. The number of benzene rings is 2. The standard InChI is InChI=1S/C23H21F2N3O2/c24-18-9-8-16(11-19(18)25)28-20-6-3-5-17(20)22(27-28)23(29)26-12-14-10-15-4-1-2-7-21(15)30-13-14/h1-2,4,7-9,11,14H,3,5-6,10,12-13H2,(H,26,29). The van der Waals surface area contributed by atoms with Crippen LogP contribution in [0, 0.1) is 17.6 Å². The minimum atomic E-state index is -0.932. The molecule has 154 valence electrons. The Balaban J connectivity index is 1.33. The number of carbonyl (C=O) groups is 1. The van der Waals surface area contributed by atoms with E-state index in [1.165, 1.54) is 6.07 Å². The van der Waals surface area contributed by atoms with E-state index < -0.39 is 11.6 Å². The summed E-state index contributed by atoms with van der Waals surface area (Å²) in [7, 11) is 0. The molecule has 1 atom stereocenters. The van der Waals surface area contributed by atoms with E-state index in [-0.39, 0.29) is 11.8 Å². The van der Waals surface area contributed by atoms with E-state index in [9.17, 15) is 13.6 Å². The first-order chi connectivity index (χ1) is 14.6. The van der Waals surface area contributed by atoms with Crippen LogP contribution in [0.25, 0.3) is 5.69 Å². The third kappa shape index (κ3) is 3.34. The second kappa shape index (κ2) is 7.55. The molecule has 0 saturated carbocycles. The van der Waals surface area contributed by atoms with Crippen molar-refractivity contribution >= 4 is 5.91 Å². The summed E-state index contributed by atoms with van der Waals surface area (Å²) in [6, 6.07) is 11.6. The molecule has 2 aromatic carbocycles. The summed E-state index contributed by atoms with van der Waals surface area (Å²) in [6.07, 6.45) is 3.26. The fraction of sp³-hybridized carbons (Fsp3) is 0.304. The SMILES string of the molecule is O=C(NCC1COc2ccccc2C1)c1nn(-c2ccc(F)c(F)c2)c2c1CCC2. The minimum Gasteiger partial charge on any atom is -0.493 e. The zero-order valence-electron chi connectivity index (χ0n) is 16.3. The number of para-hydroxylation sites is 1. The molecule has 7 heteroatoms. The first kappa shape index (κ1) is 18.8. The minimum absolute atomic E-state index is 0.185. The van der Waals surface area contributed by atoms with Crippen LogP contribution in [0.2, 0.25) is 0 Å². The van der Waals surface area contributed by atoms with Crippen molar-refractivity contribution in [1.82, 2.24) is 15.1 Å². The summed E-state index contributed by atoms with van der Waals surface area (Å²) in [5.41, 5.74) is 3.71. The molecule has 0 bridgehead atoms. The van der Waals surface area contributed by atoms with Gasteiger partial charge in [-0.3, -0.25) is 4.79 Å². The maximum absolute atomic E-state index is 13.7. The predicted octanol–water partition coefficient (Wildman–Crippen LogP) is 3.62. The molecule has 1 aromatic heterocycles. The number of carbonyl (C=O) groups excluding carboxylic acids is 1. The van der Waals surface area contributed by atoms with Crippen LogP contribution in [-0.2, 0) is 19.3 Å². The highest BCUT2D eigenvalue weighted by Crippen LogP contribution is 2.29. The van der Waals surface area contributed by atoms with Crippen LogP contribution in [0.1, 0.15) is 33.7 Å². The molecule has 1 aliphatic carbocycles. The summed E-state index contributed by atoms with van der Waals surface area (Å²) in [6.45, 7) is 1.04. The molecule has 0 radical (unpaired) electrons. The Morgan fingerprint density at radius 1 is 1.17 bits per heavy atom. The number of halogens is 2. The molecule has 1 N–H and O–H groups in total. The Morgan fingerprint density at radius 3 is 2.90 bits per heavy atom. The summed E-state index contributed by atoms with van der Waals surface area (Å²) in [5, 5.41) is 7.44. The van der Waals surface area contributed by atoms with Gasteiger partial charge < -0.3 is 10.1 Å². The van der Waals surface area contributed by atoms with Gasteiger partial charge in [0.05, 0.1) is 12.3 Å². The monoisotopic (exact) mass is 409 g/mol. The van der Waals surface area contributed by atoms with E-state index in [4.69, 9.17) is 4.74 Å². The Bertz CT molecular complexity index is 1130. The number of fused-ring (bicyclic) bond motifs is 2. The highest BCUT2D eigenvalue weighted by Gasteiger charge is 2.28. The van der Waals surface area contributed by atoms with Gasteiger partial charge in [-0.05, 0) is 49.4 Å². The van der Waals surface area contributed by atoms with E-state index in [0.29, 0.717) is 24.5 Å². The number of rotatable bonds is 4. The van der Waals surface area contributed by atoms with Crippen molar-refractivity contribution in [3.63, 3.8) is 0 Å². The third-order valence-electron chi connectivity index (χ3n) is 5.80. The maximum atomic E-state index is 13.7. The molecule has 0 saturated heterocycles. The summed E-state index contributed by atoms with van der Waals surface area (Å²) in [4.78, 5) is 12.9. The fourth-order valence-electron chi connectivity index (χ4n) is 4.29. The zero-order chi connectivity index (χ0) is 20.7. The topological polar surface area (TPSA) is 56.1 Å². The van der Waals surface area contributed by atoms with Gasteiger partial charge in [0.15, 0.2) is 17.3 Å². The van der Waals surface area contributed by atoms with E-state index >= 15 is 0 Å². The molecular weight excluding hydrogens is 388 g/mol. The van der Waals surface area contributed by atoms with Crippen LogP contribution >= 0.6 is 0 Å².